The first-order chi connectivity index (χ1) is 12.9. The molecule has 1 amide bonds. The molecular weight excluding hydrogens is 343 g/mol. The third-order valence-corrected chi connectivity index (χ3v) is 5.23. The first kappa shape index (κ1) is 21.2. The van der Waals surface area contributed by atoms with Crippen LogP contribution in [0.3, 0.4) is 0 Å². The van der Waals surface area contributed by atoms with E-state index in [0.717, 1.165) is 38.4 Å². The summed E-state index contributed by atoms with van der Waals surface area (Å²) in [5.41, 5.74) is 0.303. The van der Waals surface area contributed by atoms with E-state index in [1.54, 1.807) is 13.1 Å². The maximum Gasteiger partial charge on any atom is 0.220 e. The highest BCUT2D eigenvalue weighted by Gasteiger charge is 2.26. The van der Waals surface area contributed by atoms with Gasteiger partial charge in [-0.1, -0.05) is 32.0 Å². The van der Waals surface area contributed by atoms with E-state index >= 15 is 0 Å². The van der Waals surface area contributed by atoms with Crippen LogP contribution in [0, 0.1) is 11.7 Å². The zero-order valence-electron chi connectivity index (χ0n) is 17.0. The van der Waals surface area contributed by atoms with Crippen LogP contribution in [-0.4, -0.2) is 50.0 Å². The zero-order valence-corrected chi connectivity index (χ0v) is 17.0. The largest absolute Gasteiger partial charge is 0.359 e. The number of piperidine rings is 1. The topological polar surface area (TPSA) is 56.7 Å². The third kappa shape index (κ3) is 5.94. The Morgan fingerprint density at radius 1 is 1.30 bits per heavy atom. The zero-order chi connectivity index (χ0) is 19.9. The Kier molecular flexibility index (Phi) is 7.63. The number of hydrogen-bond donors (Lipinski definition) is 2. The van der Waals surface area contributed by atoms with E-state index in [9.17, 15) is 9.18 Å². The van der Waals surface area contributed by atoms with Crippen LogP contribution >= 0.6 is 0 Å². The SMILES string of the molecule is CCNC(=NCC(C)(C)c1ccccc1F)N1CCC(CC(=O)NC)CC1. The molecule has 1 heterocycles. The Balaban J connectivity index is 2.02. The van der Waals surface area contributed by atoms with Crippen LogP contribution in [-0.2, 0) is 10.2 Å². The van der Waals surface area contributed by atoms with Gasteiger partial charge in [-0.3, -0.25) is 9.79 Å². The molecule has 1 saturated heterocycles. The first-order valence-electron chi connectivity index (χ1n) is 9.86. The fourth-order valence-electron chi connectivity index (χ4n) is 3.51. The Morgan fingerprint density at radius 3 is 2.56 bits per heavy atom. The van der Waals surface area contributed by atoms with Crippen molar-refractivity contribution in [2.45, 2.75) is 45.4 Å². The van der Waals surface area contributed by atoms with Gasteiger partial charge in [0.1, 0.15) is 5.82 Å². The number of guanidine groups is 1. The molecule has 1 aliphatic heterocycles. The molecule has 150 valence electrons. The summed E-state index contributed by atoms with van der Waals surface area (Å²) >= 11 is 0. The smallest absolute Gasteiger partial charge is 0.220 e. The molecule has 0 spiro atoms. The lowest BCUT2D eigenvalue weighted by Gasteiger charge is -2.34. The number of aliphatic imine (C=N–C) groups is 1. The molecule has 2 rings (SSSR count). The molecule has 0 aromatic heterocycles. The molecule has 0 saturated carbocycles. The molecule has 0 aliphatic carbocycles. The fourth-order valence-corrected chi connectivity index (χ4v) is 3.51. The van der Waals surface area contributed by atoms with Crippen molar-refractivity contribution in [1.29, 1.82) is 0 Å². The molecule has 0 unspecified atom stereocenters. The molecule has 0 atom stereocenters. The highest BCUT2D eigenvalue weighted by Crippen LogP contribution is 2.26. The van der Waals surface area contributed by atoms with Gasteiger partial charge in [0, 0.05) is 38.5 Å². The highest BCUT2D eigenvalue weighted by molar-refractivity contribution is 5.80. The van der Waals surface area contributed by atoms with E-state index in [2.05, 4.69) is 22.5 Å². The molecule has 27 heavy (non-hydrogen) atoms. The van der Waals surface area contributed by atoms with Crippen LogP contribution in [0.5, 0.6) is 0 Å². The molecule has 1 fully saturated rings. The van der Waals surface area contributed by atoms with E-state index < -0.39 is 0 Å². The predicted octanol–water partition coefficient (Wildman–Crippen LogP) is 2.92. The number of benzene rings is 1. The quantitative estimate of drug-likeness (QED) is 0.593. The standard InChI is InChI=1S/C21H33FN4O/c1-5-24-20(26-12-10-16(11-13-26)14-19(27)23-4)25-15-21(2,3)17-8-6-7-9-18(17)22/h6-9,16H,5,10-15H2,1-4H3,(H,23,27)(H,24,25). The number of rotatable bonds is 6. The van der Waals surface area contributed by atoms with Gasteiger partial charge in [0.25, 0.3) is 0 Å². The lowest BCUT2D eigenvalue weighted by molar-refractivity contribution is -0.121. The van der Waals surface area contributed by atoms with Crippen molar-refractivity contribution in [3.05, 3.63) is 35.6 Å². The summed E-state index contributed by atoms with van der Waals surface area (Å²) in [6, 6.07) is 6.92. The minimum atomic E-state index is -0.385. The van der Waals surface area contributed by atoms with E-state index in [0.29, 0.717) is 24.4 Å². The molecule has 1 aliphatic rings. The van der Waals surface area contributed by atoms with Gasteiger partial charge in [-0.25, -0.2) is 4.39 Å². The second-order valence-corrected chi connectivity index (χ2v) is 7.84. The average molecular weight is 377 g/mol. The van der Waals surface area contributed by atoms with Gasteiger partial charge < -0.3 is 15.5 Å². The first-order valence-corrected chi connectivity index (χ1v) is 9.86. The van der Waals surface area contributed by atoms with Crippen LogP contribution < -0.4 is 10.6 Å². The summed E-state index contributed by atoms with van der Waals surface area (Å²) in [5, 5.41) is 6.06. The molecule has 2 N–H and O–H groups in total. The summed E-state index contributed by atoms with van der Waals surface area (Å²) in [6.07, 6.45) is 2.56. The van der Waals surface area contributed by atoms with Gasteiger partial charge in [0.2, 0.25) is 5.91 Å². The minimum absolute atomic E-state index is 0.112. The summed E-state index contributed by atoms with van der Waals surface area (Å²) in [4.78, 5) is 18.6. The van der Waals surface area contributed by atoms with Crippen LogP contribution in [0.4, 0.5) is 4.39 Å². The fraction of sp³-hybridized carbons (Fsp3) is 0.619. The second kappa shape index (κ2) is 9.72. The Bertz CT molecular complexity index is 651. The second-order valence-electron chi connectivity index (χ2n) is 7.84. The van der Waals surface area contributed by atoms with Crippen molar-refractivity contribution in [3.63, 3.8) is 0 Å². The van der Waals surface area contributed by atoms with Gasteiger partial charge >= 0.3 is 0 Å². The van der Waals surface area contributed by atoms with Crippen molar-refractivity contribution in [1.82, 2.24) is 15.5 Å². The van der Waals surface area contributed by atoms with Crippen molar-refractivity contribution in [2.75, 3.05) is 33.2 Å². The maximum absolute atomic E-state index is 14.2. The van der Waals surface area contributed by atoms with Crippen LogP contribution in [0.25, 0.3) is 0 Å². The van der Waals surface area contributed by atoms with E-state index in [4.69, 9.17) is 4.99 Å². The van der Waals surface area contributed by atoms with Gasteiger partial charge in [0.15, 0.2) is 5.96 Å². The summed E-state index contributed by atoms with van der Waals surface area (Å²) in [6.45, 7) is 9.16. The Hall–Kier alpha value is -2.11. The molecule has 5 nitrogen and oxygen atoms in total. The maximum atomic E-state index is 14.2. The lowest BCUT2D eigenvalue weighted by atomic mass is 9.84. The Labute approximate surface area is 162 Å². The van der Waals surface area contributed by atoms with Crippen molar-refractivity contribution < 1.29 is 9.18 Å². The van der Waals surface area contributed by atoms with Crippen LogP contribution in [0.1, 0.15) is 45.6 Å². The molecule has 0 radical (unpaired) electrons. The summed E-state index contributed by atoms with van der Waals surface area (Å²) in [5.74, 6) is 1.23. The van der Waals surface area contributed by atoms with E-state index in [1.165, 1.54) is 6.07 Å². The number of nitrogens with one attached hydrogen (secondary N) is 2. The minimum Gasteiger partial charge on any atom is -0.359 e. The van der Waals surface area contributed by atoms with Crippen LogP contribution in [0.2, 0.25) is 0 Å². The normalized spacial score (nSPS) is 16.3. The monoisotopic (exact) mass is 376 g/mol. The third-order valence-electron chi connectivity index (χ3n) is 5.23. The lowest BCUT2D eigenvalue weighted by Crippen LogP contribution is -2.46. The number of nitrogens with zero attached hydrogens (tertiary/aromatic N) is 2. The molecule has 1 aromatic carbocycles. The van der Waals surface area contributed by atoms with E-state index in [1.807, 2.05) is 26.0 Å². The van der Waals surface area contributed by atoms with Gasteiger partial charge in [-0.15, -0.1) is 0 Å². The number of carbonyl (C=O) groups is 1. The number of halogens is 1. The van der Waals surface area contributed by atoms with Gasteiger partial charge in [-0.05, 0) is 37.3 Å². The average Bonchev–Trinajstić information content (AvgIpc) is 2.66. The Morgan fingerprint density at radius 2 is 1.96 bits per heavy atom. The number of hydrogen-bond acceptors (Lipinski definition) is 2. The van der Waals surface area contributed by atoms with Gasteiger partial charge in [0.05, 0.1) is 6.54 Å². The number of likely N-dealkylation sites (tertiary alicyclic amines) is 1. The molecular formula is C21H33FN4O. The van der Waals surface area contributed by atoms with Gasteiger partial charge in [-0.2, -0.15) is 0 Å². The highest BCUT2D eigenvalue weighted by atomic mass is 19.1. The molecule has 1 aromatic rings. The predicted molar refractivity (Wildman–Crippen MR) is 108 cm³/mol. The summed E-state index contributed by atoms with van der Waals surface area (Å²) < 4.78 is 14.2. The van der Waals surface area contributed by atoms with Crippen LogP contribution in [0.15, 0.2) is 29.3 Å². The van der Waals surface area contributed by atoms with E-state index in [-0.39, 0.29) is 17.1 Å². The number of carbonyl (C=O) groups excluding carboxylic acids is 1. The molecule has 6 heteroatoms. The summed E-state index contributed by atoms with van der Waals surface area (Å²) in [7, 11) is 1.69. The number of amides is 1. The van der Waals surface area contributed by atoms with Crippen molar-refractivity contribution in [2.24, 2.45) is 10.9 Å². The van der Waals surface area contributed by atoms with Crippen molar-refractivity contribution in [3.8, 4) is 0 Å². The van der Waals surface area contributed by atoms with Crippen molar-refractivity contribution >= 4 is 11.9 Å². The molecule has 0 bridgehead atoms.